The molecule has 0 atom stereocenters. The summed E-state index contributed by atoms with van der Waals surface area (Å²) in [6, 6.07) is 2.42. The second kappa shape index (κ2) is 5.37. The summed E-state index contributed by atoms with van der Waals surface area (Å²) in [5.41, 5.74) is 0.849. The van der Waals surface area contributed by atoms with Crippen LogP contribution in [0.5, 0.6) is 0 Å². The van der Waals surface area contributed by atoms with E-state index >= 15 is 0 Å². The van der Waals surface area contributed by atoms with Crippen molar-refractivity contribution in [2.75, 3.05) is 13.6 Å². The molecular formula is C11H13FN2O2. The molecule has 0 spiro atoms. The van der Waals surface area contributed by atoms with E-state index in [0.717, 1.165) is 0 Å². The average molecular weight is 224 g/mol. The van der Waals surface area contributed by atoms with Crippen molar-refractivity contribution in [2.24, 2.45) is 0 Å². The number of likely N-dealkylation sites (N-methyl/N-ethyl adjacent to an activating group) is 1. The molecule has 1 aromatic rings. The van der Waals surface area contributed by atoms with Crippen LogP contribution >= 0.6 is 0 Å². The molecule has 16 heavy (non-hydrogen) atoms. The van der Waals surface area contributed by atoms with Gasteiger partial charge < -0.3 is 5.32 Å². The lowest BCUT2D eigenvalue weighted by atomic mass is 10.1. The first-order valence-electron chi connectivity index (χ1n) is 4.82. The van der Waals surface area contributed by atoms with E-state index in [1.54, 1.807) is 20.0 Å². The van der Waals surface area contributed by atoms with Crippen LogP contribution in [0.25, 0.3) is 6.08 Å². The van der Waals surface area contributed by atoms with Gasteiger partial charge in [-0.1, -0.05) is 12.2 Å². The van der Waals surface area contributed by atoms with Gasteiger partial charge in [0.05, 0.1) is 4.92 Å². The third kappa shape index (κ3) is 2.87. The van der Waals surface area contributed by atoms with Gasteiger partial charge >= 0.3 is 5.69 Å². The SMILES string of the molecule is CNCC=Cc1cc(F)c([N+](=O)[O-])cc1C. The molecule has 0 fully saturated rings. The van der Waals surface area contributed by atoms with Gasteiger partial charge in [-0.2, -0.15) is 4.39 Å². The predicted molar refractivity (Wildman–Crippen MR) is 60.8 cm³/mol. The molecule has 0 radical (unpaired) electrons. The molecule has 0 aliphatic carbocycles. The van der Waals surface area contributed by atoms with Crippen LogP contribution in [-0.2, 0) is 0 Å². The van der Waals surface area contributed by atoms with E-state index in [1.165, 1.54) is 12.1 Å². The van der Waals surface area contributed by atoms with Gasteiger partial charge in [0.2, 0.25) is 5.82 Å². The molecular weight excluding hydrogens is 211 g/mol. The minimum Gasteiger partial charge on any atom is -0.316 e. The van der Waals surface area contributed by atoms with E-state index in [4.69, 9.17) is 0 Å². The normalized spacial score (nSPS) is 10.9. The van der Waals surface area contributed by atoms with Crippen LogP contribution in [0.15, 0.2) is 18.2 Å². The van der Waals surface area contributed by atoms with Crippen molar-refractivity contribution < 1.29 is 9.31 Å². The number of aryl methyl sites for hydroxylation is 1. The molecule has 0 aliphatic rings. The molecule has 0 bridgehead atoms. The van der Waals surface area contributed by atoms with Crippen molar-refractivity contribution in [1.29, 1.82) is 0 Å². The molecule has 0 amide bonds. The summed E-state index contributed by atoms with van der Waals surface area (Å²) in [5, 5.41) is 13.4. The molecule has 1 N–H and O–H groups in total. The van der Waals surface area contributed by atoms with E-state index in [2.05, 4.69) is 5.32 Å². The highest BCUT2D eigenvalue weighted by Gasteiger charge is 2.15. The Morgan fingerprint density at radius 1 is 1.56 bits per heavy atom. The number of nitrogens with zero attached hydrogens (tertiary/aromatic N) is 1. The zero-order chi connectivity index (χ0) is 12.1. The number of rotatable bonds is 4. The molecule has 1 aromatic carbocycles. The van der Waals surface area contributed by atoms with Crippen molar-refractivity contribution in [3.63, 3.8) is 0 Å². The Balaban J connectivity index is 3.05. The smallest absolute Gasteiger partial charge is 0.305 e. The fraction of sp³-hybridized carbons (Fsp3) is 0.273. The average Bonchev–Trinajstić information content (AvgIpc) is 2.22. The Morgan fingerprint density at radius 3 is 2.81 bits per heavy atom. The van der Waals surface area contributed by atoms with Crippen LogP contribution in [0.2, 0.25) is 0 Å². The summed E-state index contributed by atoms with van der Waals surface area (Å²) in [5.74, 6) is -0.806. The molecule has 0 saturated heterocycles. The summed E-state index contributed by atoms with van der Waals surface area (Å²) in [4.78, 5) is 9.76. The van der Waals surface area contributed by atoms with Gasteiger partial charge in [0, 0.05) is 12.6 Å². The molecule has 1 rings (SSSR count). The van der Waals surface area contributed by atoms with Crippen molar-refractivity contribution in [3.05, 3.63) is 45.3 Å². The quantitative estimate of drug-likeness (QED) is 0.630. The highest BCUT2D eigenvalue weighted by Crippen LogP contribution is 2.22. The maximum absolute atomic E-state index is 13.3. The monoisotopic (exact) mass is 224 g/mol. The second-order valence-electron chi connectivity index (χ2n) is 3.38. The lowest BCUT2D eigenvalue weighted by Crippen LogP contribution is -2.03. The number of benzene rings is 1. The van der Waals surface area contributed by atoms with Crippen molar-refractivity contribution in [2.45, 2.75) is 6.92 Å². The minimum absolute atomic E-state index is 0.483. The first-order chi connectivity index (χ1) is 7.56. The van der Waals surface area contributed by atoms with Gasteiger partial charge in [-0.05, 0) is 31.2 Å². The summed E-state index contributed by atoms with van der Waals surface area (Å²) in [6.07, 6.45) is 3.56. The molecule has 5 heteroatoms. The predicted octanol–water partition coefficient (Wildman–Crippen LogP) is 2.27. The molecule has 86 valence electrons. The largest absolute Gasteiger partial charge is 0.316 e. The zero-order valence-electron chi connectivity index (χ0n) is 9.16. The first kappa shape index (κ1) is 12.3. The third-order valence-corrected chi connectivity index (χ3v) is 2.15. The second-order valence-corrected chi connectivity index (χ2v) is 3.38. The third-order valence-electron chi connectivity index (χ3n) is 2.15. The van der Waals surface area contributed by atoms with E-state index < -0.39 is 16.4 Å². The van der Waals surface area contributed by atoms with Gasteiger partial charge in [0.25, 0.3) is 0 Å². The Kier molecular flexibility index (Phi) is 4.13. The van der Waals surface area contributed by atoms with Crippen LogP contribution in [-0.4, -0.2) is 18.5 Å². The van der Waals surface area contributed by atoms with E-state index in [1.807, 2.05) is 6.08 Å². The molecule has 0 saturated carbocycles. The van der Waals surface area contributed by atoms with Crippen LogP contribution < -0.4 is 5.32 Å². The van der Waals surface area contributed by atoms with Crippen LogP contribution in [0, 0.1) is 22.9 Å². The van der Waals surface area contributed by atoms with Gasteiger partial charge in [-0.25, -0.2) is 0 Å². The molecule has 4 nitrogen and oxygen atoms in total. The number of nitro groups is 1. The number of hydrogen-bond donors (Lipinski definition) is 1. The highest BCUT2D eigenvalue weighted by atomic mass is 19.1. The Hall–Kier alpha value is -1.75. The molecule has 0 heterocycles. The van der Waals surface area contributed by atoms with Crippen molar-refractivity contribution in [1.82, 2.24) is 5.32 Å². The first-order valence-corrected chi connectivity index (χ1v) is 4.82. The maximum atomic E-state index is 13.3. The molecule has 0 aromatic heterocycles. The van der Waals surface area contributed by atoms with E-state index in [-0.39, 0.29) is 0 Å². The fourth-order valence-corrected chi connectivity index (χ4v) is 1.30. The van der Waals surface area contributed by atoms with Crippen molar-refractivity contribution >= 4 is 11.8 Å². The topological polar surface area (TPSA) is 55.2 Å². The van der Waals surface area contributed by atoms with Crippen LogP contribution in [0.4, 0.5) is 10.1 Å². The Labute approximate surface area is 92.9 Å². The maximum Gasteiger partial charge on any atom is 0.305 e. The Bertz CT molecular complexity index is 430. The molecule has 0 aliphatic heterocycles. The standard InChI is InChI=1S/C11H13FN2O2/c1-8-6-11(14(15)16)10(12)7-9(8)4-3-5-13-2/h3-4,6-7,13H,5H2,1-2H3. The van der Waals surface area contributed by atoms with Crippen molar-refractivity contribution in [3.8, 4) is 0 Å². The number of nitro benzene ring substituents is 1. The summed E-state index contributed by atoms with van der Waals surface area (Å²) in [6.45, 7) is 2.38. The van der Waals surface area contributed by atoms with Gasteiger partial charge in [0.1, 0.15) is 0 Å². The minimum atomic E-state index is -0.806. The van der Waals surface area contributed by atoms with Crippen LogP contribution in [0.1, 0.15) is 11.1 Å². The fourth-order valence-electron chi connectivity index (χ4n) is 1.30. The Morgan fingerprint density at radius 2 is 2.25 bits per heavy atom. The van der Waals surface area contributed by atoms with Gasteiger partial charge in [-0.3, -0.25) is 10.1 Å². The lowest BCUT2D eigenvalue weighted by molar-refractivity contribution is -0.387. The summed E-state index contributed by atoms with van der Waals surface area (Å²) < 4.78 is 13.3. The van der Waals surface area contributed by atoms with E-state index in [0.29, 0.717) is 17.7 Å². The summed E-state index contributed by atoms with van der Waals surface area (Å²) >= 11 is 0. The van der Waals surface area contributed by atoms with Gasteiger partial charge in [0.15, 0.2) is 0 Å². The zero-order valence-corrected chi connectivity index (χ0v) is 9.16. The van der Waals surface area contributed by atoms with Crippen LogP contribution in [0.3, 0.4) is 0 Å². The van der Waals surface area contributed by atoms with Gasteiger partial charge in [-0.15, -0.1) is 0 Å². The number of hydrogen-bond acceptors (Lipinski definition) is 3. The molecule has 0 unspecified atom stereocenters. The highest BCUT2D eigenvalue weighted by molar-refractivity contribution is 5.57. The summed E-state index contributed by atoms with van der Waals surface area (Å²) in [7, 11) is 1.80. The number of halogens is 1. The number of nitrogens with one attached hydrogen (secondary N) is 1. The van der Waals surface area contributed by atoms with E-state index in [9.17, 15) is 14.5 Å². The lowest BCUT2D eigenvalue weighted by Gasteiger charge is -2.01.